The summed E-state index contributed by atoms with van der Waals surface area (Å²) >= 11 is 11.8. The molecule has 0 aliphatic rings. The van der Waals surface area contributed by atoms with E-state index in [1.165, 1.54) is 0 Å². The number of nitrogens with two attached hydrogens (primary N) is 1. The van der Waals surface area contributed by atoms with Crippen molar-refractivity contribution in [1.82, 2.24) is 0 Å². The van der Waals surface area contributed by atoms with Crippen LogP contribution in [-0.2, 0) is 0 Å². The molecule has 1 aromatic rings. The summed E-state index contributed by atoms with van der Waals surface area (Å²) in [5, 5.41) is 0.758. The third kappa shape index (κ3) is 3.48. The molecule has 0 aliphatic carbocycles. The average Bonchev–Trinajstić information content (AvgIpc) is 2.29. The Morgan fingerprint density at radius 2 is 2.12 bits per heavy atom. The smallest absolute Gasteiger partial charge is 0.164 e. The fraction of sp³-hybridized carbons (Fsp3) is 0.417. The molecule has 1 aromatic carbocycles. The third-order valence-corrected chi connectivity index (χ3v) is 3.34. The van der Waals surface area contributed by atoms with Crippen LogP contribution in [0.3, 0.4) is 0 Å². The molecule has 0 fully saturated rings. The number of hydrogen-bond acceptors (Lipinski definition) is 2. The molecule has 0 radical (unpaired) electrons. The van der Waals surface area contributed by atoms with Crippen LogP contribution in [0.4, 0.5) is 0 Å². The molecule has 4 heteroatoms. The number of Topliss-reactive ketones (excluding diaryl/α,β-unsaturated/α-hetero) is 1. The standard InChI is InChI=1S/C12H15Cl2NO/c1-8(7-15)5-6-11(16)9-3-2-4-10(13)12(9)14/h2-4,8H,5-7,15H2,1H3. The summed E-state index contributed by atoms with van der Waals surface area (Å²) in [5.41, 5.74) is 5.99. The summed E-state index contributed by atoms with van der Waals surface area (Å²) in [6.07, 6.45) is 1.23. The zero-order chi connectivity index (χ0) is 12.1. The molecule has 2 nitrogen and oxygen atoms in total. The second-order valence-corrected chi connectivity index (χ2v) is 4.69. The van der Waals surface area contributed by atoms with Gasteiger partial charge < -0.3 is 5.73 Å². The van der Waals surface area contributed by atoms with Crippen molar-refractivity contribution < 1.29 is 4.79 Å². The van der Waals surface area contributed by atoms with E-state index >= 15 is 0 Å². The van der Waals surface area contributed by atoms with Crippen LogP contribution in [-0.4, -0.2) is 12.3 Å². The number of halogens is 2. The third-order valence-electron chi connectivity index (χ3n) is 2.52. The first-order chi connectivity index (χ1) is 7.56. The molecule has 1 rings (SSSR count). The second-order valence-electron chi connectivity index (χ2n) is 3.90. The number of carbonyl (C=O) groups is 1. The van der Waals surface area contributed by atoms with Crippen LogP contribution >= 0.6 is 23.2 Å². The maximum Gasteiger partial charge on any atom is 0.164 e. The maximum atomic E-state index is 11.9. The molecule has 0 bridgehead atoms. The summed E-state index contributed by atoms with van der Waals surface area (Å²) in [6, 6.07) is 5.10. The van der Waals surface area contributed by atoms with Gasteiger partial charge in [-0.05, 0) is 31.0 Å². The largest absolute Gasteiger partial charge is 0.330 e. The predicted molar refractivity (Wildman–Crippen MR) is 68.2 cm³/mol. The first-order valence-electron chi connectivity index (χ1n) is 5.23. The topological polar surface area (TPSA) is 43.1 Å². The van der Waals surface area contributed by atoms with E-state index in [0.29, 0.717) is 34.5 Å². The van der Waals surface area contributed by atoms with Crippen LogP contribution in [0, 0.1) is 5.92 Å². The van der Waals surface area contributed by atoms with Crippen LogP contribution in [0.2, 0.25) is 10.0 Å². The van der Waals surface area contributed by atoms with E-state index in [-0.39, 0.29) is 5.78 Å². The number of carbonyl (C=O) groups excluding carboxylic acids is 1. The van der Waals surface area contributed by atoms with Gasteiger partial charge in [0.25, 0.3) is 0 Å². The van der Waals surface area contributed by atoms with Gasteiger partial charge in [-0.2, -0.15) is 0 Å². The van der Waals surface area contributed by atoms with Gasteiger partial charge in [-0.25, -0.2) is 0 Å². The van der Waals surface area contributed by atoms with E-state index in [0.717, 1.165) is 6.42 Å². The van der Waals surface area contributed by atoms with Crippen molar-refractivity contribution in [2.24, 2.45) is 11.7 Å². The lowest BCUT2D eigenvalue weighted by atomic mass is 10.0. The molecule has 0 amide bonds. The quantitative estimate of drug-likeness (QED) is 0.822. The zero-order valence-electron chi connectivity index (χ0n) is 9.17. The second kappa shape index (κ2) is 6.24. The Bertz CT molecular complexity index is 379. The van der Waals surface area contributed by atoms with Crippen molar-refractivity contribution in [2.45, 2.75) is 19.8 Å². The number of hydrogen-bond donors (Lipinski definition) is 1. The Hall–Kier alpha value is -0.570. The fourth-order valence-electron chi connectivity index (χ4n) is 1.35. The van der Waals surface area contributed by atoms with Gasteiger partial charge in [0.2, 0.25) is 0 Å². The van der Waals surface area contributed by atoms with Crippen molar-refractivity contribution in [3.63, 3.8) is 0 Å². The average molecular weight is 260 g/mol. The molecule has 0 saturated carbocycles. The Morgan fingerprint density at radius 3 is 2.75 bits per heavy atom. The Labute approximate surface area is 106 Å². The van der Waals surface area contributed by atoms with E-state index in [4.69, 9.17) is 28.9 Å². The van der Waals surface area contributed by atoms with E-state index in [1.54, 1.807) is 18.2 Å². The fourth-order valence-corrected chi connectivity index (χ4v) is 1.76. The number of benzene rings is 1. The Morgan fingerprint density at radius 1 is 1.44 bits per heavy atom. The summed E-state index contributed by atoms with van der Waals surface area (Å²) < 4.78 is 0. The first-order valence-corrected chi connectivity index (χ1v) is 5.99. The SMILES string of the molecule is CC(CN)CCC(=O)c1cccc(Cl)c1Cl. The van der Waals surface area contributed by atoms with Crippen LogP contribution in [0.25, 0.3) is 0 Å². The lowest BCUT2D eigenvalue weighted by Crippen LogP contribution is -2.12. The van der Waals surface area contributed by atoms with Gasteiger partial charge in [0.1, 0.15) is 0 Å². The highest BCUT2D eigenvalue weighted by molar-refractivity contribution is 6.43. The molecule has 0 saturated heterocycles. The molecular weight excluding hydrogens is 245 g/mol. The number of ketones is 1. The highest BCUT2D eigenvalue weighted by Crippen LogP contribution is 2.26. The van der Waals surface area contributed by atoms with Gasteiger partial charge in [-0.1, -0.05) is 36.2 Å². The lowest BCUT2D eigenvalue weighted by Gasteiger charge is -2.08. The monoisotopic (exact) mass is 259 g/mol. The molecular formula is C12H15Cl2NO. The van der Waals surface area contributed by atoms with Crippen LogP contribution in [0.15, 0.2) is 18.2 Å². The van der Waals surface area contributed by atoms with Crippen LogP contribution in [0.5, 0.6) is 0 Å². The normalized spacial score (nSPS) is 12.5. The van der Waals surface area contributed by atoms with Gasteiger partial charge >= 0.3 is 0 Å². The number of rotatable bonds is 5. The van der Waals surface area contributed by atoms with E-state index in [2.05, 4.69) is 0 Å². The van der Waals surface area contributed by atoms with E-state index in [9.17, 15) is 4.79 Å². The summed E-state index contributed by atoms with van der Waals surface area (Å²) in [6.45, 7) is 2.61. The minimum absolute atomic E-state index is 0.0211. The van der Waals surface area contributed by atoms with Crippen LogP contribution in [0.1, 0.15) is 30.1 Å². The Balaban J connectivity index is 2.70. The van der Waals surface area contributed by atoms with Gasteiger partial charge in [-0.3, -0.25) is 4.79 Å². The molecule has 1 unspecified atom stereocenters. The summed E-state index contributed by atoms with van der Waals surface area (Å²) in [4.78, 5) is 11.9. The van der Waals surface area contributed by atoms with Gasteiger partial charge in [0, 0.05) is 12.0 Å². The van der Waals surface area contributed by atoms with E-state index in [1.807, 2.05) is 6.92 Å². The van der Waals surface area contributed by atoms with E-state index < -0.39 is 0 Å². The molecule has 0 heterocycles. The lowest BCUT2D eigenvalue weighted by molar-refractivity contribution is 0.0975. The highest BCUT2D eigenvalue weighted by atomic mass is 35.5. The van der Waals surface area contributed by atoms with Gasteiger partial charge in [0.05, 0.1) is 10.0 Å². The van der Waals surface area contributed by atoms with Crippen molar-refractivity contribution >= 4 is 29.0 Å². The minimum atomic E-state index is 0.0211. The summed E-state index contributed by atoms with van der Waals surface area (Å²) in [5.74, 6) is 0.370. The summed E-state index contributed by atoms with van der Waals surface area (Å²) in [7, 11) is 0. The highest BCUT2D eigenvalue weighted by Gasteiger charge is 2.13. The first kappa shape index (κ1) is 13.5. The van der Waals surface area contributed by atoms with Gasteiger partial charge in [0.15, 0.2) is 5.78 Å². The van der Waals surface area contributed by atoms with Crippen molar-refractivity contribution in [3.8, 4) is 0 Å². The van der Waals surface area contributed by atoms with Crippen molar-refractivity contribution in [2.75, 3.05) is 6.54 Å². The Kier molecular flexibility index (Phi) is 5.26. The predicted octanol–water partition coefficient (Wildman–Crippen LogP) is 3.55. The van der Waals surface area contributed by atoms with Gasteiger partial charge in [-0.15, -0.1) is 0 Å². The molecule has 0 aliphatic heterocycles. The zero-order valence-corrected chi connectivity index (χ0v) is 10.7. The molecule has 88 valence electrons. The molecule has 16 heavy (non-hydrogen) atoms. The molecule has 2 N–H and O–H groups in total. The van der Waals surface area contributed by atoms with Crippen molar-refractivity contribution in [1.29, 1.82) is 0 Å². The van der Waals surface area contributed by atoms with Crippen molar-refractivity contribution in [3.05, 3.63) is 33.8 Å². The molecule has 0 aromatic heterocycles. The molecule has 1 atom stereocenters. The molecule has 0 spiro atoms. The minimum Gasteiger partial charge on any atom is -0.330 e. The van der Waals surface area contributed by atoms with Crippen LogP contribution < -0.4 is 5.73 Å². The maximum absolute atomic E-state index is 11.9.